The molecule has 0 saturated heterocycles. The van der Waals surface area contributed by atoms with Gasteiger partial charge in [-0.05, 0) is 23.8 Å². The minimum Gasteiger partial charge on any atom is -0.280 e. The minimum absolute atomic E-state index is 0.0655. The molecule has 0 fully saturated rings. The number of hydrogen-bond donors (Lipinski definition) is 0. The zero-order chi connectivity index (χ0) is 17.4. The minimum atomic E-state index is -0.448. The van der Waals surface area contributed by atoms with Crippen LogP contribution in [0.3, 0.4) is 0 Å². The first-order valence-corrected chi connectivity index (χ1v) is 7.96. The van der Waals surface area contributed by atoms with E-state index in [1.54, 1.807) is 13.1 Å². The van der Waals surface area contributed by atoms with Crippen LogP contribution in [0.25, 0.3) is 22.3 Å². The van der Waals surface area contributed by atoms with Crippen molar-refractivity contribution in [2.75, 3.05) is 0 Å². The Morgan fingerprint density at radius 3 is 2.46 bits per heavy atom. The summed E-state index contributed by atoms with van der Waals surface area (Å²) in [7, 11) is 2.99. The molecule has 0 saturated carbocycles. The van der Waals surface area contributed by atoms with Gasteiger partial charge in [-0.25, -0.2) is 9.78 Å². The van der Waals surface area contributed by atoms with Gasteiger partial charge in [0.2, 0.25) is 0 Å². The van der Waals surface area contributed by atoms with Crippen molar-refractivity contribution in [3.63, 3.8) is 0 Å². The molecule has 0 amide bonds. The van der Waals surface area contributed by atoms with Crippen molar-refractivity contribution in [3.05, 3.63) is 61.2 Å². The van der Waals surface area contributed by atoms with E-state index in [4.69, 9.17) is 5.26 Å². The van der Waals surface area contributed by atoms with Gasteiger partial charge in [0.15, 0.2) is 0 Å². The molecule has 120 valence electrons. The highest BCUT2D eigenvalue weighted by molar-refractivity contribution is 9.10. The standard InChI is InChI=1S/C17H13BrN4O2/c1-21-15-14(16(23)22(2)17(21)24)11(7-8-19)9-13(20-15)10-3-5-12(18)6-4-10/h3-6,9H,7H2,1-2H3. The van der Waals surface area contributed by atoms with Crippen LogP contribution in [0, 0.1) is 11.3 Å². The van der Waals surface area contributed by atoms with Crippen LogP contribution in [0.4, 0.5) is 0 Å². The lowest BCUT2D eigenvalue weighted by molar-refractivity contribution is 0.707. The number of rotatable bonds is 2. The topological polar surface area (TPSA) is 80.7 Å². The number of hydrogen-bond acceptors (Lipinski definition) is 4. The van der Waals surface area contributed by atoms with Gasteiger partial charge in [0.1, 0.15) is 5.65 Å². The highest BCUT2D eigenvalue weighted by Crippen LogP contribution is 2.24. The Bertz CT molecular complexity index is 1110. The van der Waals surface area contributed by atoms with Gasteiger partial charge >= 0.3 is 5.69 Å². The number of aryl methyl sites for hydroxylation is 1. The Morgan fingerprint density at radius 2 is 1.83 bits per heavy atom. The van der Waals surface area contributed by atoms with Crippen molar-refractivity contribution in [2.24, 2.45) is 14.1 Å². The van der Waals surface area contributed by atoms with Crippen LogP contribution in [0.5, 0.6) is 0 Å². The van der Waals surface area contributed by atoms with Crippen molar-refractivity contribution in [1.29, 1.82) is 5.26 Å². The third-order valence-corrected chi connectivity index (χ3v) is 4.43. The molecule has 7 heteroatoms. The zero-order valence-electron chi connectivity index (χ0n) is 13.1. The van der Waals surface area contributed by atoms with E-state index in [9.17, 15) is 9.59 Å². The molecule has 6 nitrogen and oxygen atoms in total. The lowest BCUT2D eigenvalue weighted by atomic mass is 10.0. The fourth-order valence-electron chi connectivity index (χ4n) is 2.62. The van der Waals surface area contributed by atoms with Crippen LogP contribution < -0.4 is 11.2 Å². The molecule has 0 radical (unpaired) electrons. The number of pyridine rings is 1. The quantitative estimate of drug-likeness (QED) is 0.677. The highest BCUT2D eigenvalue weighted by atomic mass is 79.9. The first-order valence-electron chi connectivity index (χ1n) is 7.16. The van der Waals surface area contributed by atoms with Crippen LogP contribution in [-0.4, -0.2) is 14.1 Å². The van der Waals surface area contributed by atoms with Crippen LogP contribution >= 0.6 is 15.9 Å². The Labute approximate surface area is 145 Å². The highest BCUT2D eigenvalue weighted by Gasteiger charge is 2.16. The van der Waals surface area contributed by atoms with Crippen molar-refractivity contribution < 1.29 is 0 Å². The molecule has 24 heavy (non-hydrogen) atoms. The molecule has 0 aliphatic carbocycles. The monoisotopic (exact) mass is 384 g/mol. The molecule has 0 aliphatic heterocycles. The lowest BCUT2D eigenvalue weighted by Crippen LogP contribution is -2.37. The maximum atomic E-state index is 12.5. The van der Waals surface area contributed by atoms with E-state index in [-0.39, 0.29) is 12.1 Å². The second-order valence-corrected chi connectivity index (χ2v) is 6.33. The third-order valence-electron chi connectivity index (χ3n) is 3.90. The van der Waals surface area contributed by atoms with E-state index in [1.165, 1.54) is 11.6 Å². The maximum absolute atomic E-state index is 12.5. The molecule has 0 bridgehead atoms. The molecule has 0 spiro atoms. The van der Waals surface area contributed by atoms with E-state index in [1.807, 2.05) is 24.3 Å². The molecular weight excluding hydrogens is 372 g/mol. The van der Waals surface area contributed by atoms with Gasteiger partial charge in [-0.2, -0.15) is 5.26 Å². The molecule has 2 heterocycles. The maximum Gasteiger partial charge on any atom is 0.332 e. The van der Waals surface area contributed by atoms with Gasteiger partial charge < -0.3 is 0 Å². The Morgan fingerprint density at radius 1 is 1.17 bits per heavy atom. The summed E-state index contributed by atoms with van der Waals surface area (Å²) in [5.41, 5.74) is 1.42. The Kier molecular flexibility index (Phi) is 4.08. The van der Waals surface area contributed by atoms with Crippen LogP contribution in [0.2, 0.25) is 0 Å². The first kappa shape index (κ1) is 16.1. The van der Waals surface area contributed by atoms with Gasteiger partial charge in [0.25, 0.3) is 5.56 Å². The summed E-state index contributed by atoms with van der Waals surface area (Å²) in [6, 6.07) is 11.3. The Hall–Kier alpha value is -2.72. The zero-order valence-corrected chi connectivity index (χ0v) is 14.7. The summed E-state index contributed by atoms with van der Waals surface area (Å²) in [6.45, 7) is 0. The summed E-state index contributed by atoms with van der Waals surface area (Å²) in [5, 5.41) is 9.41. The van der Waals surface area contributed by atoms with E-state index in [0.29, 0.717) is 16.6 Å². The number of nitriles is 1. The fourth-order valence-corrected chi connectivity index (χ4v) is 2.89. The summed E-state index contributed by atoms with van der Waals surface area (Å²) >= 11 is 3.38. The largest absolute Gasteiger partial charge is 0.332 e. The molecule has 1 aromatic carbocycles. The SMILES string of the molecule is Cn1c(=O)c2c(CC#N)cc(-c3ccc(Br)cc3)nc2n(C)c1=O. The number of nitrogens with zero attached hydrogens (tertiary/aromatic N) is 4. The molecule has 0 atom stereocenters. The summed E-state index contributed by atoms with van der Waals surface area (Å²) in [4.78, 5) is 29.2. The second kappa shape index (κ2) is 6.06. The summed E-state index contributed by atoms with van der Waals surface area (Å²) in [5.74, 6) is 0. The normalized spacial score (nSPS) is 10.8. The van der Waals surface area contributed by atoms with Crippen LogP contribution in [-0.2, 0) is 20.5 Å². The van der Waals surface area contributed by atoms with Gasteiger partial charge in [0, 0.05) is 24.1 Å². The molecule has 3 aromatic rings. The fraction of sp³-hybridized carbons (Fsp3) is 0.176. The van der Waals surface area contributed by atoms with E-state index in [0.717, 1.165) is 14.6 Å². The number of benzene rings is 1. The first-order chi connectivity index (χ1) is 11.4. The van der Waals surface area contributed by atoms with E-state index in [2.05, 4.69) is 27.0 Å². The van der Waals surface area contributed by atoms with E-state index < -0.39 is 11.2 Å². The van der Waals surface area contributed by atoms with Gasteiger partial charge in [-0.15, -0.1) is 0 Å². The summed E-state index contributed by atoms with van der Waals surface area (Å²) in [6.07, 6.45) is 0.0655. The average Bonchev–Trinajstić information content (AvgIpc) is 2.58. The number of halogens is 1. The lowest BCUT2D eigenvalue weighted by Gasteiger charge is -2.11. The van der Waals surface area contributed by atoms with Gasteiger partial charge in [-0.1, -0.05) is 28.1 Å². The van der Waals surface area contributed by atoms with Crippen LogP contribution in [0.1, 0.15) is 5.56 Å². The number of fused-ring (bicyclic) bond motifs is 1. The molecular formula is C17H13BrN4O2. The van der Waals surface area contributed by atoms with Gasteiger partial charge in [0.05, 0.1) is 23.6 Å². The van der Waals surface area contributed by atoms with Crippen molar-refractivity contribution in [2.45, 2.75) is 6.42 Å². The Balaban J connectivity index is 2.44. The average molecular weight is 385 g/mol. The smallest absolute Gasteiger partial charge is 0.280 e. The molecule has 3 rings (SSSR count). The third kappa shape index (κ3) is 2.55. The van der Waals surface area contributed by atoms with E-state index >= 15 is 0 Å². The molecule has 2 aromatic heterocycles. The predicted molar refractivity (Wildman–Crippen MR) is 94.7 cm³/mol. The molecule has 0 unspecified atom stereocenters. The van der Waals surface area contributed by atoms with Gasteiger partial charge in [-0.3, -0.25) is 13.9 Å². The second-order valence-electron chi connectivity index (χ2n) is 5.41. The number of aromatic nitrogens is 3. The summed E-state index contributed by atoms with van der Waals surface area (Å²) < 4.78 is 3.30. The van der Waals surface area contributed by atoms with Crippen molar-refractivity contribution in [3.8, 4) is 17.3 Å². The molecule has 0 N–H and O–H groups in total. The molecule has 0 aliphatic rings. The predicted octanol–water partition coefficient (Wildman–Crippen LogP) is 2.13. The van der Waals surface area contributed by atoms with Crippen molar-refractivity contribution >= 4 is 27.0 Å². The van der Waals surface area contributed by atoms with Crippen LogP contribution in [0.15, 0.2) is 44.4 Å². The van der Waals surface area contributed by atoms with Crippen molar-refractivity contribution in [1.82, 2.24) is 14.1 Å².